The van der Waals surface area contributed by atoms with Gasteiger partial charge in [-0.15, -0.1) is 0 Å². The van der Waals surface area contributed by atoms with E-state index in [0.717, 1.165) is 30.7 Å². The Morgan fingerprint density at radius 1 is 1.03 bits per heavy atom. The molecule has 6 heteroatoms. The molecule has 1 atom stereocenters. The van der Waals surface area contributed by atoms with Gasteiger partial charge >= 0.3 is 5.97 Å². The fourth-order valence-electron chi connectivity index (χ4n) is 4.45. The Kier molecular flexibility index (Phi) is 7.44. The zero-order chi connectivity index (χ0) is 22.5. The summed E-state index contributed by atoms with van der Waals surface area (Å²) in [5.41, 5.74) is 5.51. The monoisotopic (exact) mass is 425 g/mol. The first kappa shape index (κ1) is 22.9. The molecule has 1 heterocycles. The van der Waals surface area contributed by atoms with Crippen LogP contribution in [0.15, 0.2) is 24.3 Å². The van der Waals surface area contributed by atoms with Crippen molar-refractivity contribution in [1.82, 2.24) is 4.57 Å². The van der Waals surface area contributed by atoms with Crippen molar-refractivity contribution in [2.75, 3.05) is 20.3 Å². The second kappa shape index (κ2) is 10.1. The lowest BCUT2D eigenvalue weighted by Gasteiger charge is -2.17. The average Bonchev–Trinajstić information content (AvgIpc) is 3.33. The van der Waals surface area contributed by atoms with Crippen LogP contribution in [0.1, 0.15) is 75.5 Å². The molecular weight excluding hydrogens is 394 g/mol. The fraction of sp³-hybridized carbons (Fsp3) is 0.480. The van der Waals surface area contributed by atoms with Gasteiger partial charge in [-0.1, -0.05) is 12.1 Å². The van der Waals surface area contributed by atoms with Crippen LogP contribution in [0.2, 0.25) is 0 Å². The Hall–Kier alpha value is -2.73. The summed E-state index contributed by atoms with van der Waals surface area (Å²) in [6.45, 7) is 6.05. The van der Waals surface area contributed by atoms with Gasteiger partial charge in [-0.05, 0) is 63.3 Å². The summed E-state index contributed by atoms with van der Waals surface area (Å²) in [6.07, 6.45) is 3.24. The number of carbonyl (C=O) groups is 3. The van der Waals surface area contributed by atoms with Gasteiger partial charge in [-0.2, -0.15) is 0 Å². The third-order valence-corrected chi connectivity index (χ3v) is 5.97. The van der Waals surface area contributed by atoms with Crippen molar-refractivity contribution in [2.45, 2.75) is 58.9 Å². The maximum absolute atomic E-state index is 12.6. The van der Waals surface area contributed by atoms with Crippen molar-refractivity contribution in [3.8, 4) is 0 Å². The number of ketones is 2. The van der Waals surface area contributed by atoms with Crippen LogP contribution in [-0.2, 0) is 27.1 Å². The number of fused-ring (bicyclic) bond motifs is 1. The number of rotatable bonds is 10. The maximum atomic E-state index is 12.6. The third-order valence-electron chi connectivity index (χ3n) is 5.97. The molecule has 1 unspecified atom stereocenters. The molecule has 31 heavy (non-hydrogen) atoms. The average molecular weight is 426 g/mol. The Labute approximate surface area is 183 Å². The molecule has 1 aromatic carbocycles. The highest BCUT2D eigenvalue weighted by atomic mass is 16.5. The summed E-state index contributed by atoms with van der Waals surface area (Å²) < 4.78 is 12.4. The summed E-state index contributed by atoms with van der Waals surface area (Å²) in [7, 11) is 1.64. The molecule has 0 amide bonds. The topological polar surface area (TPSA) is 74.6 Å². The van der Waals surface area contributed by atoms with Crippen molar-refractivity contribution in [2.24, 2.45) is 0 Å². The van der Waals surface area contributed by atoms with Gasteiger partial charge in [0.2, 0.25) is 5.78 Å². The highest BCUT2D eigenvalue weighted by Crippen LogP contribution is 2.24. The van der Waals surface area contributed by atoms with Crippen molar-refractivity contribution in [1.29, 1.82) is 0 Å². The van der Waals surface area contributed by atoms with Gasteiger partial charge < -0.3 is 14.0 Å². The third kappa shape index (κ3) is 5.31. The SMILES string of the molecule is COCC(C)n1c(C)cc(C(=O)COC(=O)CCC(=O)c2ccc3c(c2)CCC3)c1C. The van der Waals surface area contributed by atoms with Gasteiger partial charge in [-0.25, -0.2) is 0 Å². The summed E-state index contributed by atoms with van der Waals surface area (Å²) in [6, 6.07) is 7.70. The quantitative estimate of drug-likeness (QED) is 0.421. The van der Waals surface area contributed by atoms with Crippen LogP contribution in [-0.4, -0.2) is 42.4 Å². The largest absolute Gasteiger partial charge is 0.457 e. The summed E-state index contributed by atoms with van der Waals surface area (Å²) in [4.78, 5) is 37.1. The molecule has 0 aliphatic heterocycles. The molecule has 0 saturated carbocycles. The zero-order valence-electron chi connectivity index (χ0n) is 18.8. The zero-order valence-corrected chi connectivity index (χ0v) is 18.8. The van der Waals surface area contributed by atoms with E-state index in [9.17, 15) is 14.4 Å². The fourth-order valence-corrected chi connectivity index (χ4v) is 4.45. The molecule has 0 N–H and O–H groups in total. The highest BCUT2D eigenvalue weighted by molar-refractivity contribution is 6.00. The highest BCUT2D eigenvalue weighted by Gasteiger charge is 2.20. The molecule has 6 nitrogen and oxygen atoms in total. The molecule has 166 valence electrons. The molecule has 3 rings (SSSR count). The Bertz CT molecular complexity index is 988. The summed E-state index contributed by atoms with van der Waals surface area (Å²) >= 11 is 0. The molecular formula is C25H31NO5. The van der Waals surface area contributed by atoms with Crippen LogP contribution in [0.4, 0.5) is 0 Å². The number of ether oxygens (including phenoxy) is 2. The molecule has 0 fully saturated rings. The first-order valence-electron chi connectivity index (χ1n) is 10.8. The number of hydrogen-bond acceptors (Lipinski definition) is 5. The van der Waals surface area contributed by atoms with Crippen LogP contribution >= 0.6 is 0 Å². The lowest BCUT2D eigenvalue weighted by atomic mass is 10.0. The van der Waals surface area contributed by atoms with Crippen molar-refractivity contribution >= 4 is 17.5 Å². The molecule has 2 aromatic rings. The number of methoxy groups -OCH3 is 1. The number of aryl methyl sites for hydroxylation is 3. The number of aromatic nitrogens is 1. The first-order chi connectivity index (χ1) is 14.8. The van der Waals surface area contributed by atoms with E-state index < -0.39 is 5.97 Å². The number of esters is 1. The molecule has 0 radical (unpaired) electrons. The summed E-state index contributed by atoms with van der Waals surface area (Å²) in [5, 5.41) is 0. The van der Waals surface area contributed by atoms with E-state index in [-0.39, 0.29) is 37.1 Å². The predicted molar refractivity (Wildman–Crippen MR) is 118 cm³/mol. The van der Waals surface area contributed by atoms with E-state index in [0.29, 0.717) is 17.7 Å². The molecule has 0 spiro atoms. The second-order valence-electron chi connectivity index (χ2n) is 8.30. The number of benzene rings is 1. The van der Waals surface area contributed by atoms with Crippen LogP contribution < -0.4 is 0 Å². The number of carbonyl (C=O) groups excluding carboxylic acids is 3. The molecule has 0 bridgehead atoms. The minimum Gasteiger partial charge on any atom is -0.457 e. The predicted octanol–water partition coefficient (Wildman–Crippen LogP) is 4.19. The van der Waals surface area contributed by atoms with Crippen LogP contribution in [0.5, 0.6) is 0 Å². The molecule has 0 saturated heterocycles. The number of hydrogen-bond donors (Lipinski definition) is 0. The van der Waals surface area contributed by atoms with Crippen LogP contribution in [0.3, 0.4) is 0 Å². The molecule has 1 aliphatic carbocycles. The van der Waals surface area contributed by atoms with Gasteiger partial charge in [0.1, 0.15) is 0 Å². The van der Waals surface area contributed by atoms with Crippen LogP contribution in [0.25, 0.3) is 0 Å². The van der Waals surface area contributed by atoms with Crippen molar-refractivity contribution in [3.63, 3.8) is 0 Å². The Morgan fingerprint density at radius 3 is 2.52 bits per heavy atom. The van der Waals surface area contributed by atoms with Gasteiger partial charge in [0.15, 0.2) is 12.4 Å². The smallest absolute Gasteiger partial charge is 0.306 e. The lowest BCUT2D eigenvalue weighted by Crippen LogP contribution is -2.17. The molecule has 1 aromatic heterocycles. The van der Waals surface area contributed by atoms with E-state index in [2.05, 4.69) is 0 Å². The minimum absolute atomic E-state index is 0.0346. The van der Waals surface area contributed by atoms with Gasteiger partial charge in [0, 0.05) is 36.0 Å². The van der Waals surface area contributed by atoms with Gasteiger partial charge in [0.25, 0.3) is 0 Å². The Balaban J connectivity index is 1.51. The van der Waals surface area contributed by atoms with E-state index in [1.165, 1.54) is 11.1 Å². The molecule has 1 aliphatic rings. The van der Waals surface area contributed by atoms with E-state index in [1.54, 1.807) is 7.11 Å². The normalized spacial score (nSPS) is 13.7. The standard InChI is InChI=1S/C25H31NO5/c1-16-12-22(18(3)26(16)17(2)14-30-4)24(28)15-31-25(29)11-10-23(27)21-9-8-19-6-5-7-20(19)13-21/h8-9,12-13,17H,5-7,10-11,14-15H2,1-4H3. The lowest BCUT2D eigenvalue weighted by molar-refractivity contribution is -0.142. The van der Waals surface area contributed by atoms with Gasteiger partial charge in [0.05, 0.1) is 19.1 Å². The second-order valence-corrected chi connectivity index (χ2v) is 8.30. The first-order valence-corrected chi connectivity index (χ1v) is 10.8. The van der Waals surface area contributed by atoms with Crippen molar-refractivity contribution in [3.05, 3.63) is 57.9 Å². The minimum atomic E-state index is -0.538. The van der Waals surface area contributed by atoms with Crippen molar-refractivity contribution < 1.29 is 23.9 Å². The Morgan fingerprint density at radius 2 is 1.77 bits per heavy atom. The van der Waals surface area contributed by atoms with E-state index in [1.807, 2.05) is 49.6 Å². The number of Topliss-reactive ketones (excluding diaryl/α,β-unsaturated/α-hetero) is 2. The van der Waals surface area contributed by atoms with E-state index >= 15 is 0 Å². The maximum Gasteiger partial charge on any atom is 0.306 e. The van der Waals surface area contributed by atoms with E-state index in [4.69, 9.17) is 9.47 Å². The number of nitrogens with zero attached hydrogens (tertiary/aromatic N) is 1. The summed E-state index contributed by atoms with van der Waals surface area (Å²) in [5.74, 6) is -0.861. The van der Waals surface area contributed by atoms with Gasteiger partial charge in [-0.3, -0.25) is 14.4 Å². The van der Waals surface area contributed by atoms with Crippen LogP contribution in [0, 0.1) is 13.8 Å².